The molecule has 0 aromatic heterocycles. The van der Waals surface area contributed by atoms with Gasteiger partial charge in [-0.25, -0.2) is 0 Å². The van der Waals surface area contributed by atoms with Crippen LogP contribution in [0, 0.1) is 0 Å². The van der Waals surface area contributed by atoms with E-state index in [0.29, 0.717) is 6.42 Å². The lowest BCUT2D eigenvalue weighted by Gasteiger charge is -2.45. The topological polar surface area (TPSA) is 23.6 Å². The highest BCUT2D eigenvalue weighted by atomic mass is 79.9. The number of rotatable bonds is 4. The molecule has 0 unspecified atom stereocenters. The number of nitrogens with zero attached hydrogens (tertiary/aromatic N) is 2. The van der Waals surface area contributed by atoms with Gasteiger partial charge in [0.05, 0.1) is 0 Å². The van der Waals surface area contributed by atoms with Crippen molar-refractivity contribution in [2.75, 3.05) is 33.2 Å². The molecule has 4 heteroatoms. The van der Waals surface area contributed by atoms with Crippen LogP contribution in [0.5, 0.6) is 0 Å². The minimum Gasteiger partial charge on any atom is -0.300 e. The SMILES string of the molecule is CN1CCN(CCC(=O)c2cccc(Br)c2)CC1(C)C. The summed E-state index contributed by atoms with van der Waals surface area (Å²) in [6, 6.07) is 7.65. The maximum atomic E-state index is 12.2. The van der Waals surface area contributed by atoms with E-state index >= 15 is 0 Å². The molecule has 0 saturated carbocycles. The Balaban J connectivity index is 1.88. The molecule has 1 aliphatic rings. The van der Waals surface area contributed by atoms with Gasteiger partial charge in [0.25, 0.3) is 0 Å². The molecule has 0 amide bonds. The number of Topliss-reactive ketones (excluding diaryl/α,β-unsaturated/α-hetero) is 1. The van der Waals surface area contributed by atoms with E-state index < -0.39 is 0 Å². The smallest absolute Gasteiger partial charge is 0.164 e. The third-order valence-electron chi connectivity index (χ3n) is 4.20. The number of piperazine rings is 1. The first-order valence-corrected chi connectivity index (χ1v) is 7.90. The summed E-state index contributed by atoms with van der Waals surface area (Å²) in [5.41, 5.74) is 0.990. The summed E-state index contributed by atoms with van der Waals surface area (Å²) < 4.78 is 0.962. The van der Waals surface area contributed by atoms with Crippen molar-refractivity contribution in [1.29, 1.82) is 0 Å². The average Bonchev–Trinajstić information content (AvgIpc) is 2.39. The number of ketones is 1. The van der Waals surface area contributed by atoms with Crippen LogP contribution in [0.4, 0.5) is 0 Å². The highest BCUT2D eigenvalue weighted by Crippen LogP contribution is 2.19. The van der Waals surface area contributed by atoms with E-state index in [1.807, 2.05) is 24.3 Å². The summed E-state index contributed by atoms with van der Waals surface area (Å²) in [7, 11) is 2.17. The first kappa shape index (κ1) is 15.7. The second kappa shape index (κ2) is 6.37. The van der Waals surface area contributed by atoms with Crippen LogP contribution in [0.2, 0.25) is 0 Å². The molecule has 0 bridgehead atoms. The monoisotopic (exact) mass is 338 g/mol. The fraction of sp³-hybridized carbons (Fsp3) is 0.562. The Hall–Kier alpha value is -0.710. The average molecular weight is 339 g/mol. The predicted molar refractivity (Wildman–Crippen MR) is 86.2 cm³/mol. The van der Waals surface area contributed by atoms with Crippen LogP contribution in [-0.4, -0.2) is 54.3 Å². The van der Waals surface area contributed by atoms with Crippen LogP contribution >= 0.6 is 15.9 Å². The van der Waals surface area contributed by atoms with Gasteiger partial charge in [-0.15, -0.1) is 0 Å². The first-order valence-electron chi connectivity index (χ1n) is 7.11. The molecule has 0 atom stereocenters. The zero-order valence-electron chi connectivity index (χ0n) is 12.5. The first-order chi connectivity index (χ1) is 9.38. The minimum atomic E-state index is 0.192. The van der Waals surface area contributed by atoms with E-state index in [2.05, 4.69) is 46.6 Å². The van der Waals surface area contributed by atoms with Crippen molar-refractivity contribution in [3.63, 3.8) is 0 Å². The van der Waals surface area contributed by atoms with E-state index in [4.69, 9.17) is 0 Å². The summed E-state index contributed by atoms with van der Waals surface area (Å²) in [5, 5.41) is 0. The Morgan fingerprint density at radius 1 is 1.35 bits per heavy atom. The van der Waals surface area contributed by atoms with Crippen LogP contribution in [-0.2, 0) is 0 Å². The van der Waals surface area contributed by atoms with Crippen molar-refractivity contribution in [1.82, 2.24) is 9.80 Å². The lowest BCUT2D eigenvalue weighted by molar-refractivity contribution is 0.0390. The van der Waals surface area contributed by atoms with Gasteiger partial charge in [0.1, 0.15) is 0 Å². The summed E-state index contributed by atoms with van der Waals surface area (Å²) in [5.74, 6) is 0.225. The van der Waals surface area contributed by atoms with Crippen molar-refractivity contribution in [3.05, 3.63) is 34.3 Å². The molecular weight excluding hydrogens is 316 g/mol. The maximum absolute atomic E-state index is 12.2. The van der Waals surface area contributed by atoms with Crippen LogP contribution < -0.4 is 0 Å². The van der Waals surface area contributed by atoms with Gasteiger partial charge in [-0.3, -0.25) is 14.6 Å². The molecule has 0 spiro atoms. The molecule has 1 aromatic rings. The fourth-order valence-electron chi connectivity index (χ4n) is 2.60. The van der Waals surface area contributed by atoms with Crippen molar-refractivity contribution in [3.8, 4) is 0 Å². The molecule has 2 rings (SSSR count). The molecule has 3 nitrogen and oxygen atoms in total. The molecular formula is C16H23BrN2O. The third kappa shape index (κ3) is 3.90. The van der Waals surface area contributed by atoms with E-state index in [1.165, 1.54) is 0 Å². The number of hydrogen-bond acceptors (Lipinski definition) is 3. The van der Waals surface area contributed by atoms with Crippen molar-refractivity contribution in [2.24, 2.45) is 0 Å². The Kier molecular flexibility index (Phi) is 4.99. The minimum absolute atomic E-state index is 0.192. The molecule has 1 saturated heterocycles. The Labute approximate surface area is 130 Å². The number of halogens is 1. The van der Waals surface area contributed by atoms with E-state index in [9.17, 15) is 4.79 Å². The molecule has 1 aliphatic heterocycles. The van der Waals surface area contributed by atoms with Gasteiger partial charge in [-0.2, -0.15) is 0 Å². The molecule has 20 heavy (non-hydrogen) atoms. The van der Waals surface area contributed by atoms with Crippen molar-refractivity contribution >= 4 is 21.7 Å². The molecule has 110 valence electrons. The van der Waals surface area contributed by atoms with E-state index in [1.54, 1.807) is 0 Å². The van der Waals surface area contributed by atoms with Crippen LogP contribution in [0.15, 0.2) is 28.7 Å². The molecule has 1 heterocycles. The van der Waals surface area contributed by atoms with Gasteiger partial charge in [0.2, 0.25) is 0 Å². The highest BCUT2D eigenvalue weighted by molar-refractivity contribution is 9.10. The fourth-order valence-corrected chi connectivity index (χ4v) is 3.00. The van der Waals surface area contributed by atoms with E-state index in [-0.39, 0.29) is 11.3 Å². The summed E-state index contributed by atoms with van der Waals surface area (Å²) in [6.07, 6.45) is 0.593. The zero-order valence-corrected chi connectivity index (χ0v) is 14.1. The van der Waals surface area contributed by atoms with Gasteiger partial charge >= 0.3 is 0 Å². The predicted octanol–water partition coefficient (Wildman–Crippen LogP) is 3.05. The van der Waals surface area contributed by atoms with Gasteiger partial charge in [0, 0.05) is 48.2 Å². The lowest BCUT2D eigenvalue weighted by Crippen LogP contribution is -2.57. The third-order valence-corrected chi connectivity index (χ3v) is 4.69. The van der Waals surface area contributed by atoms with Gasteiger partial charge in [-0.1, -0.05) is 28.1 Å². The molecule has 0 radical (unpaired) electrons. The standard InChI is InChI=1S/C16H23BrN2O/c1-16(2)12-19(10-9-18(16)3)8-7-15(20)13-5-4-6-14(17)11-13/h4-6,11H,7-10,12H2,1-3H3. The quantitative estimate of drug-likeness (QED) is 0.788. The van der Waals surface area contributed by atoms with Crippen molar-refractivity contribution < 1.29 is 4.79 Å². The Bertz CT molecular complexity index is 487. The second-order valence-electron chi connectivity index (χ2n) is 6.19. The van der Waals surface area contributed by atoms with Crippen LogP contribution in [0.1, 0.15) is 30.6 Å². The number of likely N-dealkylation sites (N-methyl/N-ethyl adjacent to an activating group) is 1. The van der Waals surface area contributed by atoms with Gasteiger partial charge < -0.3 is 0 Å². The summed E-state index contributed by atoms with van der Waals surface area (Å²) in [4.78, 5) is 17.0. The number of carbonyl (C=O) groups is 1. The molecule has 1 fully saturated rings. The normalized spacial score (nSPS) is 20.0. The van der Waals surface area contributed by atoms with Gasteiger partial charge in [0.15, 0.2) is 5.78 Å². The number of benzene rings is 1. The van der Waals surface area contributed by atoms with Crippen LogP contribution in [0.3, 0.4) is 0 Å². The van der Waals surface area contributed by atoms with E-state index in [0.717, 1.165) is 36.2 Å². The summed E-state index contributed by atoms with van der Waals surface area (Å²) >= 11 is 3.41. The van der Waals surface area contributed by atoms with Crippen LogP contribution in [0.25, 0.3) is 0 Å². The maximum Gasteiger partial charge on any atom is 0.164 e. The molecule has 0 aliphatic carbocycles. The highest BCUT2D eigenvalue weighted by Gasteiger charge is 2.30. The molecule has 0 N–H and O–H groups in total. The number of carbonyl (C=O) groups excluding carboxylic acids is 1. The van der Waals surface area contributed by atoms with Gasteiger partial charge in [-0.05, 0) is 33.0 Å². The lowest BCUT2D eigenvalue weighted by atomic mass is 9.99. The molecule has 1 aromatic carbocycles. The Morgan fingerprint density at radius 3 is 2.75 bits per heavy atom. The number of hydrogen-bond donors (Lipinski definition) is 0. The zero-order chi connectivity index (χ0) is 14.8. The largest absolute Gasteiger partial charge is 0.300 e. The Morgan fingerprint density at radius 2 is 2.10 bits per heavy atom. The summed E-state index contributed by atoms with van der Waals surface area (Å²) in [6.45, 7) is 8.51. The second-order valence-corrected chi connectivity index (χ2v) is 7.11. The van der Waals surface area contributed by atoms with Crippen molar-refractivity contribution in [2.45, 2.75) is 25.8 Å².